The minimum Gasteiger partial charge on any atom is -0.336 e. The van der Waals surface area contributed by atoms with E-state index in [2.05, 4.69) is 46.8 Å². The fourth-order valence-electron chi connectivity index (χ4n) is 1.69. The fraction of sp³-hybridized carbons (Fsp3) is 0. The van der Waals surface area contributed by atoms with Crippen LogP contribution in [-0.2, 0) is 0 Å². The SMILES string of the molecule is Clc1c(Br)cccc1-c1nc2ncc(Br)cc2[nH]1. The van der Waals surface area contributed by atoms with Crippen LogP contribution in [0.5, 0.6) is 0 Å². The molecule has 1 N–H and O–H groups in total. The molecule has 18 heavy (non-hydrogen) atoms. The molecule has 3 rings (SSSR count). The predicted octanol–water partition coefficient (Wildman–Crippen LogP) is 4.80. The van der Waals surface area contributed by atoms with Crippen molar-refractivity contribution in [1.29, 1.82) is 0 Å². The van der Waals surface area contributed by atoms with Gasteiger partial charge in [-0.15, -0.1) is 0 Å². The Bertz CT molecular complexity index is 739. The van der Waals surface area contributed by atoms with Crippen LogP contribution < -0.4 is 0 Å². The number of fused-ring (bicyclic) bond motifs is 1. The normalized spacial score (nSPS) is 11.1. The predicted molar refractivity (Wildman–Crippen MR) is 79.7 cm³/mol. The quantitative estimate of drug-likeness (QED) is 0.651. The van der Waals surface area contributed by atoms with Crippen LogP contribution in [0.2, 0.25) is 5.02 Å². The van der Waals surface area contributed by atoms with Gasteiger partial charge in [-0.3, -0.25) is 0 Å². The van der Waals surface area contributed by atoms with Gasteiger partial charge in [-0.25, -0.2) is 9.97 Å². The lowest BCUT2D eigenvalue weighted by Gasteiger charge is -2.01. The van der Waals surface area contributed by atoms with Crippen LogP contribution in [0.15, 0.2) is 39.4 Å². The van der Waals surface area contributed by atoms with Crippen molar-refractivity contribution in [2.24, 2.45) is 0 Å². The Balaban J connectivity index is 2.22. The molecule has 3 nitrogen and oxygen atoms in total. The van der Waals surface area contributed by atoms with E-state index in [1.165, 1.54) is 0 Å². The van der Waals surface area contributed by atoms with E-state index in [9.17, 15) is 0 Å². The number of hydrogen-bond acceptors (Lipinski definition) is 2. The van der Waals surface area contributed by atoms with Gasteiger partial charge < -0.3 is 4.98 Å². The highest BCUT2D eigenvalue weighted by Crippen LogP contribution is 2.33. The second-order valence-corrected chi connectivity index (χ2v) is 5.86. The van der Waals surface area contributed by atoms with Gasteiger partial charge in [0.2, 0.25) is 0 Å². The standard InChI is InChI=1S/C12H6Br2ClN3/c13-6-4-9-12(16-5-6)18-11(17-9)7-2-1-3-8(14)10(7)15/h1-5H,(H,16,17,18). The zero-order valence-electron chi connectivity index (χ0n) is 8.92. The average molecular weight is 387 g/mol. The third-order valence-electron chi connectivity index (χ3n) is 2.51. The lowest BCUT2D eigenvalue weighted by atomic mass is 10.2. The van der Waals surface area contributed by atoms with Gasteiger partial charge in [0.1, 0.15) is 5.82 Å². The van der Waals surface area contributed by atoms with Crippen LogP contribution in [0.3, 0.4) is 0 Å². The molecule has 2 heterocycles. The number of halogens is 3. The van der Waals surface area contributed by atoms with Crippen LogP contribution in [0.1, 0.15) is 0 Å². The van der Waals surface area contributed by atoms with E-state index in [1.807, 2.05) is 24.3 Å². The number of nitrogens with zero attached hydrogens (tertiary/aromatic N) is 2. The van der Waals surface area contributed by atoms with Crippen molar-refractivity contribution in [2.75, 3.05) is 0 Å². The molecular weight excluding hydrogens is 381 g/mol. The highest BCUT2D eigenvalue weighted by atomic mass is 79.9. The molecule has 0 fully saturated rings. The Morgan fingerprint density at radius 3 is 2.89 bits per heavy atom. The van der Waals surface area contributed by atoms with Crippen molar-refractivity contribution in [1.82, 2.24) is 15.0 Å². The van der Waals surface area contributed by atoms with Crippen molar-refractivity contribution in [3.8, 4) is 11.4 Å². The average Bonchev–Trinajstić information content (AvgIpc) is 2.75. The molecule has 90 valence electrons. The van der Waals surface area contributed by atoms with Gasteiger partial charge in [-0.05, 0) is 50.1 Å². The number of rotatable bonds is 1. The molecule has 0 atom stereocenters. The molecule has 0 aliphatic carbocycles. The summed E-state index contributed by atoms with van der Waals surface area (Å²) < 4.78 is 1.75. The molecule has 0 aliphatic heterocycles. The molecule has 0 aliphatic rings. The van der Waals surface area contributed by atoms with Crippen LogP contribution >= 0.6 is 43.5 Å². The number of benzene rings is 1. The highest BCUT2D eigenvalue weighted by Gasteiger charge is 2.11. The first-order chi connectivity index (χ1) is 8.65. The zero-order chi connectivity index (χ0) is 12.7. The van der Waals surface area contributed by atoms with Gasteiger partial charge in [0.05, 0.1) is 10.5 Å². The van der Waals surface area contributed by atoms with E-state index >= 15 is 0 Å². The van der Waals surface area contributed by atoms with E-state index in [1.54, 1.807) is 6.20 Å². The number of hydrogen-bond donors (Lipinski definition) is 1. The number of aromatic nitrogens is 3. The first-order valence-corrected chi connectivity index (χ1v) is 7.07. The van der Waals surface area contributed by atoms with Gasteiger partial charge in [-0.2, -0.15) is 0 Å². The summed E-state index contributed by atoms with van der Waals surface area (Å²) in [6.07, 6.45) is 1.72. The Hall–Kier alpha value is -0.910. The van der Waals surface area contributed by atoms with E-state index in [0.29, 0.717) is 16.5 Å². The summed E-state index contributed by atoms with van der Waals surface area (Å²) in [7, 11) is 0. The summed E-state index contributed by atoms with van der Waals surface area (Å²) in [5.74, 6) is 0.710. The number of pyridine rings is 1. The van der Waals surface area contributed by atoms with Gasteiger partial charge in [0.15, 0.2) is 5.65 Å². The van der Waals surface area contributed by atoms with Gasteiger partial charge >= 0.3 is 0 Å². The van der Waals surface area contributed by atoms with Crippen molar-refractivity contribution in [3.63, 3.8) is 0 Å². The summed E-state index contributed by atoms with van der Waals surface area (Å²) in [5, 5.41) is 0.635. The first kappa shape index (κ1) is 12.1. The summed E-state index contributed by atoms with van der Waals surface area (Å²) in [5.41, 5.74) is 2.39. The maximum Gasteiger partial charge on any atom is 0.178 e. The largest absolute Gasteiger partial charge is 0.336 e. The molecule has 1 aromatic carbocycles. The van der Waals surface area contributed by atoms with E-state index in [4.69, 9.17) is 11.6 Å². The van der Waals surface area contributed by atoms with Crippen LogP contribution in [0.25, 0.3) is 22.6 Å². The summed E-state index contributed by atoms with van der Waals surface area (Å²) in [4.78, 5) is 11.9. The second kappa shape index (κ2) is 4.64. The van der Waals surface area contributed by atoms with Crippen molar-refractivity contribution in [3.05, 3.63) is 44.4 Å². The lowest BCUT2D eigenvalue weighted by Crippen LogP contribution is -1.82. The molecule has 0 unspecified atom stereocenters. The van der Waals surface area contributed by atoms with Crippen LogP contribution in [0.4, 0.5) is 0 Å². The maximum atomic E-state index is 6.25. The Morgan fingerprint density at radius 1 is 1.22 bits per heavy atom. The Kier molecular flexibility index (Phi) is 3.13. The second-order valence-electron chi connectivity index (χ2n) is 3.71. The fourth-order valence-corrected chi connectivity index (χ4v) is 2.60. The molecule has 0 spiro atoms. The molecule has 3 aromatic rings. The zero-order valence-corrected chi connectivity index (χ0v) is 12.8. The van der Waals surface area contributed by atoms with Gasteiger partial charge in [0.25, 0.3) is 0 Å². The minimum absolute atomic E-state index is 0.635. The maximum absolute atomic E-state index is 6.25. The summed E-state index contributed by atoms with van der Waals surface area (Å²) in [6.45, 7) is 0. The summed E-state index contributed by atoms with van der Waals surface area (Å²) >= 11 is 13.0. The molecule has 0 saturated carbocycles. The monoisotopic (exact) mass is 385 g/mol. The minimum atomic E-state index is 0.635. The number of imidazole rings is 1. The van der Waals surface area contributed by atoms with Crippen LogP contribution in [-0.4, -0.2) is 15.0 Å². The molecule has 2 aromatic heterocycles. The van der Waals surface area contributed by atoms with Gasteiger partial charge in [-0.1, -0.05) is 17.7 Å². The molecule has 0 amide bonds. The van der Waals surface area contributed by atoms with Crippen molar-refractivity contribution < 1.29 is 0 Å². The molecule has 6 heteroatoms. The van der Waals surface area contributed by atoms with Crippen molar-refractivity contribution >= 4 is 54.6 Å². The topological polar surface area (TPSA) is 41.6 Å². The number of nitrogens with one attached hydrogen (secondary N) is 1. The smallest absolute Gasteiger partial charge is 0.178 e. The molecular formula is C12H6Br2ClN3. The van der Waals surface area contributed by atoms with Crippen molar-refractivity contribution in [2.45, 2.75) is 0 Å². The molecule has 0 saturated heterocycles. The van der Waals surface area contributed by atoms with E-state index < -0.39 is 0 Å². The molecule has 0 radical (unpaired) electrons. The first-order valence-electron chi connectivity index (χ1n) is 5.11. The Morgan fingerprint density at radius 2 is 2.06 bits per heavy atom. The summed E-state index contributed by atoms with van der Waals surface area (Å²) in [6, 6.07) is 7.66. The van der Waals surface area contributed by atoms with Crippen LogP contribution in [0, 0.1) is 0 Å². The lowest BCUT2D eigenvalue weighted by molar-refractivity contribution is 1.29. The third kappa shape index (κ3) is 2.06. The van der Waals surface area contributed by atoms with Gasteiger partial charge in [0, 0.05) is 20.7 Å². The third-order valence-corrected chi connectivity index (χ3v) is 4.24. The number of H-pyrrole nitrogens is 1. The Labute approximate surface area is 125 Å². The number of aromatic amines is 1. The van der Waals surface area contributed by atoms with E-state index in [-0.39, 0.29) is 0 Å². The highest BCUT2D eigenvalue weighted by molar-refractivity contribution is 9.10. The molecule has 0 bridgehead atoms. The van der Waals surface area contributed by atoms with E-state index in [0.717, 1.165) is 20.0 Å².